The van der Waals surface area contributed by atoms with Crippen LogP contribution < -0.4 is 5.73 Å². The Morgan fingerprint density at radius 2 is 2.22 bits per heavy atom. The fraction of sp³-hybridized carbons (Fsp3) is 0.444. The Labute approximate surface area is 102 Å². The Morgan fingerprint density at radius 3 is 2.67 bits per heavy atom. The van der Waals surface area contributed by atoms with Gasteiger partial charge in [-0.2, -0.15) is 4.68 Å². The van der Waals surface area contributed by atoms with Gasteiger partial charge in [0.15, 0.2) is 6.10 Å². The lowest BCUT2D eigenvalue weighted by Crippen LogP contribution is -2.35. The number of aliphatic hydroxyl groups excluding tert-OH is 3. The summed E-state index contributed by atoms with van der Waals surface area (Å²) in [6, 6.07) is 0. The number of rotatable bonds is 7. The van der Waals surface area contributed by atoms with E-state index in [2.05, 4.69) is 16.7 Å². The van der Waals surface area contributed by atoms with Crippen molar-refractivity contribution in [2.45, 2.75) is 12.2 Å². The van der Waals surface area contributed by atoms with Crippen molar-refractivity contribution in [1.82, 2.24) is 14.8 Å². The molecule has 0 saturated heterocycles. The van der Waals surface area contributed by atoms with Gasteiger partial charge in [-0.3, -0.25) is 4.79 Å². The van der Waals surface area contributed by atoms with Gasteiger partial charge in [-0.25, -0.2) is 4.98 Å². The molecule has 0 bridgehead atoms. The summed E-state index contributed by atoms with van der Waals surface area (Å²) in [6.45, 7) is 2.37. The molecule has 0 aliphatic carbocycles. The summed E-state index contributed by atoms with van der Waals surface area (Å²) in [5.74, 6) is -1.11. The van der Waals surface area contributed by atoms with Crippen molar-refractivity contribution >= 4 is 11.8 Å². The fourth-order valence-corrected chi connectivity index (χ4v) is 1.08. The molecule has 5 N–H and O–H groups in total. The van der Waals surface area contributed by atoms with Crippen LogP contribution in [0.2, 0.25) is 0 Å². The Hall–Kier alpha value is -1.97. The van der Waals surface area contributed by atoms with Gasteiger partial charge in [0.1, 0.15) is 12.4 Å². The van der Waals surface area contributed by atoms with Crippen LogP contribution >= 0.6 is 0 Å². The van der Waals surface area contributed by atoms with Crippen LogP contribution in [0.3, 0.4) is 0 Å². The zero-order chi connectivity index (χ0) is 13.7. The average molecular weight is 258 g/mol. The topological polar surface area (TPSA) is 144 Å². The van der Waals surface area contributed by atoms with E-state index in [4.69, 9.17) is 20.7 Å². The minimum atomic E-state index is -1.27. The van der Waals surface area contributed by atoms with Crippen molar-refractivity contribution in [3.8, 4) is 0 Å². The number of ether oxygens (including phenoxy) is 1. The number of nitrogens with two attached hydrogens (primary N) is 1. The van der Waals surface area contributed by atoms with Crippen molar-refractivity contribution in [3.05, 3.63) is 18.7 Å². The zero-order valence-electron chi connectivity index (χ0n) is 9.43. The summed E-state index contributed by atoms with van der Waals surface area (Å²) in [4.78, 5) is 14.4. The standard InChI is InChI=1S/C9H14N4O5/c1-5(18-7(3-15)6(16)2-14)13-4-11-9(12-13)8(10)17/h4,6-7,14-16H,1-3H2,(H2,10,17)/t6?,7-/m1/s1. The van der Waals surface area contributed by atoms with E-state index in [1.165, 1.54) is 0 Å². The number of carbonyl (C=O) groups excluding carboxylic acids is 1. The molecular weight excluding hydrogens is 244 g/mol. The molecule has 9 heteroatoms. The molecule has 18 heavy (non-hydrogen) atoms. The third kappa shape index (κ3) is 3.26. The second-order valence-electron chi connectivity index (χ2n) is 3.36. The molecule has 1 heterocycles. The molecule has 1 amide bonds. The van der Waals surface area contributed by atoms with E-state index in [1.807, 2.05) is 0 Å². The normalized spacial score (nSPS) is 13.9. The lowest BCUT2D eigenvalue weighted by molar-refractivity contribution is -0.0418. The monoisotopic (exact) mass is 258 g/mol. The summed E-state index contributed by atoms with van der Waals surface area (Å²) in [5.41, 5.74) is 4.96. The first-order valence-electron chi connectivity index (χ1n) is 4.96. The number of aliphatic hydroxyl groups is 3. The molecule has 0 radical (unpaired) electrons. The molecule has 0 saturated carbocycles. The smallest absolute Gasteiger partial charge is 0.288 e. The molecule has 0 fully saturated rings. The van der Waals surface area contributed by atoms with Crippen molar-refractivity contribution in [2.24, 2.45) is 5.73 Å². The average Bonchev–Trinajstić information content (AvgIpc) is 2.84. The van der Waals surface area contributed by atoms with E-state index in [9.17, 15) is 9.90 Å². The van der Waals surface area contributed by atoms with Gasteiger partial charge in [-0.05, 0) is 6.58 Å². The van der Waals surface area contributed by atoms with Gasteiger partial charge in [-0.15, -0.1) is 5.10 Å². The van der Waals surface area contributed by atoms with Crippen LogP contribution in [0.4, 0.5) is 0 Å². The molecular formula is C9H14N4O5. The maximum atomic E-state index is 10.8. The van der Waals surface area contributed by atoms with Gasteiger partial charge in [-0.1, -0.05) is 0 Å². The lowest BCUT2D eigenvalue weighted by Gasteiger charge is -2.21. The van der Waals surface area contributed by atoms with Crippen LogP contribution in [-0.2, 0) is 4.74 Å². The minimum absolute atomic E-state index is 0.0819. The van der Waals surface area contributed by atoms with Crippen LogP contribution in [0.5, 0.6) is 0 Å². The molecule has 1 unspecified atom stereocenters. The van der Waals surface area contributed by atoms with Crippen LogP contribution in [0.1, 0.15) is 10.6 Å². The Balaban J connectivity index is 2.71. The Morgan fingerprint density at radius 1 is 1.56 bits per heavy atom. The molecule has 0 spiro atoms. The van der Waals surface area contributed by atoms with Gasteiger partial charge in [0.25, 0.3) is 5.91 Å². The minimum Gasteiger partial charge on any atom is -0.469 e. The van der Waals surface area contributed by atoms with Gasteiger partial charge < -0.3 is 25.8 Å². The highest BCUT2D eigenvalue weighted by atomic mass is 16.5. The second kappa shape index (κ2) is 6.10. The highest BCUT2D eigenvalue weighted by Crippen LogP contribution is 2.09. The number of carbonyl (C=O) groups is 1. The predicted molar refractivity (Wildman–Crippen MR) is 58.9 cm³/mol. The molecule has 9 nitrogen and oxygen atoms in total. The number of hydrogen-bond acceptors (Lipinski definition) is 7. The summed E-state index contributed by atoms with van der Waals surface area (Å²) in [7, 11) is 0. The number of aromatic nitrogens is 3. The Kier molecular flexibility index (Phi) is 4.77. The number of hydrogen-bond donors (Lipinski definition) is 4. The van der Waals surface area contributed by atoms with Gasteiger partial charge >= 0.3 is 0 Å². The third-order valence-electron chi connectivity index (χ3n) is 2.05. The van der Waals surface area contributed by atoms with Crippen LogP contribution in [0, 0.1) is 0 Å². The zero-order valence-corrected chi connectivity index (χ0v) is 9.43. The maximum Gasteiger partial charge on any atom is 0.288 e. The van der Waals surface area contributed by atoms with Crippen molar-refractivity contribution in [1.29, 1.82) is 0 Å². The molecule has 1 rings (SSSR count). The molecule has 1 aromatic heterocycles. The SMILES string of the molecule is C=C(O[C@H](CO)C(O)CO)n1cnc(C(N)=O)n1. The lowest BCUT2D eigenvalue weighted by atomic mass is 10.2. The van der Waals surface area contributed by atoms with Crippen LogP contribution in [0.25, 0.3) is 5.88 Å². The van der Waals surface area contributed by atoms with Crippen molar-refractivity contribution in [2.75, 3.05) is 13.2 Å². The van der Waals surface area contributed by atoms with E-state index in [0.29, 0.717) is 0 Å². The maximum absolute atomic E-state index is 10.8. The summed E-state index contributed by atoms with van der Waals surface area (Å²) >= 11 is 0. The number of nitrogens with zero attached hydrogens (tertiary/aromatic N) is 3. The van der Waals surface area contributed by atoms with Gasteiger partial charge in [0, 0.05) is 0 Å². The first kappa shape index (κ1) is 14.1. The second-order valence-corrected chi connectivity index (χ2v) is 3.36. The van der Waals surface area contributed by atoms with E-state index >= 15 is 0 Å². The summed E-state index contributed by atoms with van der Waals surface area (Å²) in [6.07, 6.45) is -1.20. The molecule has 1 aromatic rings. The first-order valence-corrected chi connectivity index (χ1v) is 4.96. The van der Waals surface area contributed by atoms with E-state index in [-0.39, 0.29) is 11.7 Å². The Bertz CT molecular complexity index is 432. The van der Waals surface area contributed by atoms with E-state index < -0.39 is 31.3 Å². The molecule has 100 valence electrons. The first-order chi connectivity index (χ1) is 8.49. The summed E-state index contributed by atoms with van der Waals surface area (Å²) in [5, 5.41) is 30.7. The fourth-order valence-electron chi connectivity index (χ4n) is 1.08. The van der Waals surface area contributed by atoms with Gasteiger partial charge in [0.05, 0.1) is 13.2 Å². The van der Waals surface area contributed by atoms with Crippen LogP contribution in [-0.4, -0.2) is 61.4 Å². The van der Waals surface area contributed by atoms with E-state index in [0.717, 1.165) is 11.0 Å². The largest absolute Gasteiger partial charge is 0.469 e. The quantitative estimate of drug-likeness (QED) is 0.397. The van der Waals surface area contributed by atoms with Gasteiger partial charge in [0.2, 0.25) is 11.7 Å². The van der Waals surface area contributed by atoms with Crippen molar-refractivity contribution < 1.29 is 24.9 Å². The number of primary amides is 1. The highest BCUT2D eigenvalue weighted by Gasteiger charge is 2.21. The summed E-state index contributed by atoms with van der Waals surface area (Å²) < 4.78 is 6.11. The van der Waals surface area contributed by atoms with E-state index in [1.54, 1.807) is 0 Å². The third-order valence-corrected chi connectivity index (χ3v) is 2.05. The molecule has 2 atom stereocenters. The number of amides is 1. The predicted octanol–water partition coefficient (Wildman–Crippen LogP) is -2.46. The van der Waals surface area contributed by atoms with Crippen LogP contribution in [0.15, 0.2) is 12.9 Å². The van der Waals surface area contributed by atoms with Crippen molar-refractivity contribution in [3.63, 3.8) is 0 Å². The molecule has 0 aromatic carbocycles. The molecule has 0 aliphatic heterocycles. The highest BCUT2D eigenvalue weighted by molar-refractivity contribution is 5.88. The molecule has 0 aliphatic rings.